The van der Waals surface area contributed by atoms with Crippen LogP contribution in [0, 0.1) is 0 Å². The van der Waals surface area contributed by atoms with Gasteiger partial charge >= 0.3 is 24.1 Å². The molecule has 0 bridgehead atoms. The van der Waals surface area contributed by atoms with Crippen LogP contribution in [0.1, 0.15) is 65.5 Å². The molecule has 0 fully saturated rings. The lowest BCUT2D eigenvalue weighted by Crippen LogP contribution is -2.44. The summed E-state index contributed by atoms with van der Waals surface area (Å²) in [4.78, 5) is 59.2. The third kappa shape index (κ3) is 17.0. The van der Waals surface area contributed by atoms with Crippen molar-refractivity contribution in [1.29, 1.82) is 0 Å². The molecule has 0 aliphatic carbocycles. The summed E-state index contributed by atoms with van der Waals surface area (Å²) in [6.45, 7) is 24.9. The van der Waals surface area contributed by atoms with E-state index in [4.69, 9.17) is 24.7 Å². The summed E-state index contributed by atoms with van der Waals surface area (Å²) in [5.74, 6) is 0.320. The van der Waals surface area contributed by atoms with Crippen molar-refractivity contribution in [2.75, 3.05) is 23.8 Å². The summed E-state index contributed by atoms with van der Waals surface area (Å²) < 4.78 is 21.7. The van der Waals surface area contributed by atoms with E-state index in [-0.39, 0.29) is 24.2 Å². The number of nitrogen functional groups attached to an aromatic ring is 1. The third-order valence-electron chi connectivity index (χ3n) is 8.50. The van der Waals surface area contributed by atoms with Crippen LogP contribution in [0.15, 0.2) is 60.9 Å². The van der Waals surface area contributed by atoms with E-state index < -0.39 is 39.5 Å². The first-order chi connectivity index (χ1) is 26.8. The van der Waals surface area contributed by atoms with Crippen molar-refractivity contribution in [2.24, 2.45) is 0 Å². The second-order valence-electron chi connectivity index (χ2n) is 18.8. The van der Waals surface area contributed by atoms with Gasteiger partial charge in [-0.3, -0.25) is 9.59 Å². The topological polar surface area (TPSA) is 160 Å². The highest BCUT2D eigenvalue weighted by Crippen LogP contribution is 2.29. The van der Waals surface area contributed by atoms with Crippen LogP contribution >= 0.6 is 0 Å². The summed E-state index contributed by atoms with van der Waals surface area (Å²) in [5.41, 5.74) is 6.24. The van der Waals surface area contributed by atoms with Gasteiger partial charge in [-0.1, -0.05) is 75.7 Å². The van der Waals surface area contributed by atoms with Crippen LogP contribution in [0.25, 0.3) is 21.5 Å². The molecule has 0 aliphatic heterocycles. The summed E-state index contributed by atoms with van der Waals surface area (Å²) in [6, 6.07) is 17.2. The molecule has 2 N–H and O–H groups in total. The molecule has 12 nitrogen and oxygen atoms in total. The van der Waals surface area contributed by atoms with Gasteiger partial charge in [-0.25, -0.2) is 19.6 Å². The number of aryl methyl sites for hydroxylation is 2. The van der Waals surface area contributed by atoms with Gasteiger partial charge in [0.1, 0.15) is 17.0 Å². The Bertz CT molecular complexity index is 2020. The number of nitrogens with zero attached hydrogens (tertiary/aromatic N) is 3. The SMILES string of the molecule is CC(C)(C)OC(=O)N(C(=O)OC(C)(C)C)c1nccc2cc(CCC(=O)OCC[Si](C)(C)C)ccc12.C[Si](C)(C)CCOC(=O)CCc1ccc2c(N)nccc2c1. The number of rotatable bonds is 13. The van der Waals surface area contributed by atoms with Gasteiger partial charge in [-0.2, -0.15) is 4.90 Å². The zero-order valence-corrected chi connectivity index (χ0v) is 38.6. The van der Waals surface area contributed by atoms with Crippen LogP contribution in [0.5, 0.6) is 0 Å². The van der Waals surface area contributed by atoms with Crippen molar-refractivity contribution in [2.45, 2.75) is 130 Å². The molecule has 2 amide bonds. The summed E-state index contributed by atoms with van der Waals surface area (Å²) in [5, 5.41) is 3.35. The average Bonchev–Trinajstić information content (AvgIpc) is 3.07. The van der Waals surface area contributed by atoms with E-state index in [0.29, 0.717) is 43.7 Å². The van der Waals surface area contributed by atoms with Gasteiger partial charge in [0.15, 0.2) is 5.82 Å². The maximum Gasteiger partial charge on any atom is 0.425 e. The monoisotopic (exact) mass is 832 g/mol. The molecule has 0 saturated heterocycles. The van der Waals surface area contributed by atoms with E-state index in [1.165, 1.54) is 6.20 Å². The van der Waals surface area contributed by atoms with Crippen LogP contribution in [0.4, 0.5) is 21.2 Å². The van der Waals surface area contributed by atoms with E-state index >= 15 is 0 Å². The lowest BCUT2D eigenvalue weighted by atomic mass is 10.0. The van der Waals surface area contributed by atoms with Gasteiger partial charge in [0.25, 0.3) is 0 Å². The van der Waals surface area contributed by atoms with Gasteiger partial charge in [0, 0.05) is 52.2 Å². The second kappa shape index (κ2) is 20.2. The minimum atomic E-state index is -1.25. The average molecular weight is 833 g/mol. The van der Waals surface area contributed by atoms with Crippen LogP contribution in [0.3, 0.4) is 0 Å². The van der Waals surface area contributed by atoms with Gasteiger partial charge in [-0.05, 0) is 101 Å². The first-order valence-corrected chi connectivity index (χ1v) is 27.3. The molecular formula is C44H64N4O8Si2. The zero-order valence-electron chi connectivity index (χ0n) is 36.6. The van der Waals surface area contributed by atoms with Crippen molar-refractivity contribution >= 4 is 73.5 Å². The van der Waals surface area contributed by atoms with Crippen LogP contribution < -0.4 is 10.6 Å². The molecule has 0 aliphatic rings. The summed E-state index contributed by atoms with van der Waals surface area (Å²) >= 11 is 0. The normalized spacial score (nSPS) is 12.0. The highest BCUT2D eigenvalue weighted by atomic mass is 28.3. The van der Waals surface area contributed by atoms with Crippen LogP contribution in [-0.4, -0.2) is 74.7 Å². The molecule has 14 heteroatoms. The van der Waals surface area contributed by atoms with E-state index in [1.54, 1.807) is 59.9 Å². The first kappa shape index (κ1) is 47.5. The number of ether oxygens (including phenoxy) is 4. The quantitative estimate of drug-likeness (QED) is 0.0776. The van der Waals surface area contributed by atoms with Gasteiger partial charge in [0.05, 0.1) is 13.2 Å². The molecule has 4 rings (SSSR count). The number of amides is 2. The van der Waals surface area contributed by atoms with Crippen molar-refractivity contribution in [3.05, 3.63) is 72.1 Å². The van der Waals surface area contributed by atoms with Crippen molar-refractivity contribution in [3.8, 4) is 0 Å². The highest BCUT2D eigenvalue weighted by molar-refractivity contribution is 6.76. The van der Waals surface area contributed by atoms with E-state index in [9.17, 15) is 19.2 Å². The molecule has 0 spiro atoms. The number of imide groups is 1. The number of esters is 2. The Kier molecular flexibility index (Phi) is 16.6. The van der Waals surface area contributed by atoms with Crippen molar-refractivity contribution < 1.29 is 38.1 Å². The Morgan fingerprint density at radius 1 is 0.621 bits per heavy atom. The Morgan fingerprint density at radius 2 is 1.03 bits per heavy atom. The molecule has 2 heterocycles. The van der Waals surface area contributed by atoms with Crippen molar-refractivity contribution in [1.82, 2.24) is 9.97 Å². The zero-order chi connectivity index (χ0) is 43.5. The Labute approximate surface area is 346 Å². The molecule has 0 saturated carbocycles. The van der Waals surface area contributed by atoms with Gasteiger partial charge < -0.3 is 24.7 Å². The molecule has 2 aromatic carbocycles. The molecule has 58 heavy (non-hydrogen) atoms. The second-order valence-corrected chi connectivity index (χ2v) is 30.0. The molecule has 0 unspecified atom stereocenters. The minimum Gasteiger partial charge on any atom is -0.466 e. The van der Waals surface area contributed by atoms with Gasteiger partial charge in [0.2, 0.25) is 0 Å². The van der Waals surface area contributed by atoms with Crippen LogP contribution in [-0.2, 0) is 41.4 Å². The number of hydrogen-bond acceptors (Lipinski definition) is 11. The number of aromatic nitrogens is 2. The fourth-order valence-corrected chi connectivity index (χ4v) is 6.82. The minimum absolute atomic E-state index is 0.118. The summed E-state index contributed by atoms with van der Waals surface area (Å²) in [6.07, 6.45) is 3.36. The Morgan fingerprint density at radius 3 is 1.47 bits per heavy atom. The Hall–Kier alpha value is -4.83. The van der Waals surface area contributed by atoms with E-state index in [0.717, 1.165) is 44.3 Å². The molecule has 316 valence electrons. The van der Waals surface area contributed by atoms with E-state index in [1.807, 2.05) is 30.3 Å². The predicted molar refractivity (Wildman–Crippen MR) is 238 cm³/mol. The number of fused-ring (bicyclic) bond motifs is 2. The van der Waals surface area contributed by atoms with Crippen molar-refractivity contribution in [3.63, 3.8) is 0 Å². The molecule has 0 radical (unpaired) electrons. The number of benzene rings is 2. The number of carbonyl (C=O) groups excluding carboxylic acids is 4. The van der Waals surface area contributed by atoms with Gasteiger partial charge in [-0.15, -0.1) is 0 Å². The standard InChI is InChI=1S/C27H40N2O6Si.C17H24N2O2Si/c1-26(2,3)34-24(31)29(25(32)35-27(4,5)6)23-21-12-10-19(18-20(21)14-15-28-23)11-13-22(30)33-16-17-36(7,8)9;1-22(2,3)11-10-21-16(20)7-5-13-4-6-15-14(12-13)8-9-19-17(15)18/h10,12,14-15,18H,11,13,16-17H2,1-9H3;4,6,8-9,12H,5,7,10-11H2,1-3H3,(H2,18,19). The third-order valence-corrected chi connectivity index (χ3v) is 11.9. The Balaban J connectivity index is 0.000000348. The number of anilines is 2. The van der Waals surface area contributed by atoms with Crippen LogP contribution in [0.2, 0.25) is 51.4 Å². The molecular weight excluding hydrogens is 769 g/mol. The molecule has 2 aromatic heterocycles. The first-order valence-electron chi connectivity index (χ1n) is 19.9. The fraction of sp³-hybridized carbons (Fsp3) is 0.500. The number of nitrogens with two attached hydrogens (primary N) is 1. The lowest BCUT2D eigenvalue weighted by Gasteiger charge is -2.28. The maximum absolute atomic E-state index is 13.0. The van der Waals surface area contributed by atoms with E-state index in [2.05, 4.69) is 55.3 Å². The highest BCUT2D eigenvalue weighted by Gasteiger charge is 2.34. The summed E-state index contributed by atoms with van der Waals surface area (Å²) in [7, 11) is -2.39. The molecule has 0 atom stereocenters. The maximum atomic E-state index is 13.0. The lowest BCUT2D eigenvalue weighted by molar-refractivity contribution is -0.144. The predicted octanol–water partition coefficient (Wildman–Crippen LogP) is 10.4. The number of carbonyl (C=O) groups is 4. The smallest absolute Gasteiger partial charge is 0.425 e. The molecule has 4 aromatic rings. The number of pyridine rings is 2. The fourth-order valence-electron chi connectivity index (χ4n) is 5.39. The number of hydrogen-bond donors (Lipinski definition) is 1. The largest absolute Gasteiger partial charge is 0.466 e.